The summed E-state index contributed by atoms with van der Waals surface area (Å²) in [5.41, 5.74) is 1.18. The molecule has 5 nitrogen and oxygen atoms in total. The van der Waals surface area contributed by atoms with Crippen molar-refractivity contribution in [1.82, 2.24) is 9.97 Å². The van der Waals surface area contributed by atoms with Crippen molar-refractivity contribution in [3.63, 3.8) is 0 Å². The van der Waals surface area contributed by atoms with Crippen LogP contribution in [0.4, 0.5) is 11.6 Å². The third-order valence-electron chi connectivity index (χ3n) is 3.77. The highest BCUT2D eigenvalue weighted by molar-refractivity contribution is 5.60. The molecule has 1 saturated carbocycles. The van der Waals surface area contributed by atoms with E-state index in [0.717, 1.165) is 43.9 Å². The van der Waals surface area contributed by atoms with Crippen LogP contribution in [0.1, 0.15) is 45.1 Å². The Bertz CT molecular complexity index is 446. The Morgan fingerprint density at radius 2 is 2.14 bits per heavy atom. The van der Waals surface area contributed by atoms with E-state index in [1.807, 2.05) is 0 Å². The first kappa shape index (κ1) is 16.0. The predicted molar refractivity (Wildman–Crippen MR) is 87.1 cm³/mol. The molecule has 0 saturated heterocycles. The number of nitrogens with one attached hydrogen (secondary N) is 1. The molecule has 1 aromatic heterocycles. The van der Waals surface area contributed by atoms with Gasteiger partial charge in [0.05, 0.1) is 6.61 Å². The highest BCUT2D eigenvalue weighted by Gasteiger charge is 2.21. The minimum absolute atomic E-state index is 0.380. The summed E-state index contributed by atoms with van der Waals surface area (Å²) in [6.45, 7) is 9.84. The lowest BCUT2D eigenvalue weighted by Gasteiger charge is -2.24. The van der Waals surface area contributed by atoms with Gasteiger partial charge in [-0.1, -0.05) is 13.8 Å². The van der Waals surface area contributed by atoms with Crippen LogP contribution in [0.25, 0.3) is 0 Å². The summed E-state index contributed by atoms with van der Waals surface area (Å²) in [6.07, 6.45) is 4.32. The zero-order valence-electron chi connectivity index (χ0n) is 13.7. The average Bonchev–Trinajstić information content (AvgIpc) is 3.27. The maximum absolute atomic E-state index is 5.73. The molecule has 1 aromatic rings. The first-order valence-electron chi connectivity index (χ1n) is 8.01. The van der Waals surface area contributed by atoms with Gasteiger partial charge in [-0.25, -0.2) is 9.97 Å². The van der Waals surface area contributed by atoms with Crippen molar-refractivity contribution in [2.24, 2.45) is 5.92 Å². The summed E-state index contributed by atoms with van der Waals surface area (Å²) in [7, 11) is 2.07. The maximum Gasteiger partial charge on any atom is 0.137 e. The van der Waals surface area contributed by atoms with Crippen LogP contribution in [-0.2, 0) is 4.74 Å². The number of ether oxygens (including phenoxy) is 1. The van der Waals surface area contributed by atoms with Gasteiger partial charge in [0.15, 0.2) is 0 Å². The van der Waals surface area contributed by atoms with Gasteiger partial charge in [-0.05, 0) is 31.6 Å². The van der Waals surface area contributed by atoms with E-state index in [9.17, 15) is 0 Å². The normalized spacial score (nSPS) is 14.5. The van der Waals surface area contributed by atoms with Gasteiger partial charge >= 0.3 is 0 Å². The van der Waals surface area contributed by atoms with Crippen LogP contribution in [0.3, 0.4) is 0 Å². The number of likely N-dealkylation sites (N-methyl/N-ethyl adjacent to an activating group) is 1. The molecule has 0 bridgehead atoms. The SMILES string of the molecule is CCNc1ncnc(N(C)CCOCC2CC2)c1C(C)C. The molecule has 5 heteroatoms. The van der Waals surface area contributed by atoms with Crippen molar-refractivity contribution in [3.8, 4) is 0 Å². The first-order valence-corrected chi connectivity index (χ1v) is 8.01. The van der Waals surface area contributed by atoms with Crippen molar-refractivity contribution in [2.45, 2.75) is 39.5 Å². The van der Waals surface area contributed by atoms with Gasteiger partial charge in [0.1, 0.15) is 18.0 Å². The molecule has 1 aliphatic rings. The molecular weight excluding hydrogens is 264 g/mol. The highest BCUT2D eigenvalue weighted by atomic mass is 16.5. The van der Waals surface area contributed by atoms with E-state index in [-0.39, 0.29) is 0 Å². The molecule has 0 spiro atoms. The van der Waals surface area contributed by atoms with Crippen LogP contribution in [0, 0.1) is 5.92 Å². The van der Waals surface area contributed by atoms with Gasteiger partial charge in [-0.2, -0.15) is 0 Å². The van der Waals surface area contributed by atoms with Crippen LogP contribution in [0.15, 0.2) is 6.33 Å². The van der Waals surface area contributed by atoms with E-state index < -0.39 is 0 Å². The Morgan fingerprint density at radius 1 is 1.38 bits per heavy atom. The molecule has 0 aromatic carbocycles. The van der Waals surface area contributed by atoms with Crippen molar-refractivity contribution in [2.75, 3.05) is 43.6 Å². The number of nitrogens with zero attached hydrogens (tertiary/aromatic N) is 3. The summed E-state index contributed by atoms with van der Waals surface area (Å²) in [6, 6.07) is 0. The van der Waals surface area contributed by atoms with Gasteiger partial charge in [0, 0.05) is 32.3 Å². The standard InChI is InChI=1S/C16H28N4O/c1-5-17-15-14(12(2)3)16(19-11-18-15)20(4)8-9-21-10-13-6-7-13/h11-13H,5-10H2,1-4H3,(H,17,18,19). The Balaban J connectivity index is 1.99. The predicted octanol–water partition coefficient (Wildman–Crippen LogP) is 2.89. The molecule has 0 aliphatic heterocycles. The minimum Gasteiger partial charge on any atom is -0.379 e. The molecule has 1 heterocycles. The summed E-state index contributed by atoms with van der Waals surface area (Å²) in [5.74, 6) is 3.15. The lowest BCUT2D eigenvalue weighted by atomic mass is 10.0. The van der Waals surface area contributed by atoms with E-state index in [1.54, 1.807) is 6.33 Å². The van der Waals surface area contributed by atoms with Gasteiger partial charge < -0.3 is 15.0 Å². The number of rotatable bonds is 9. The molecule has 1 N–H and O–H groups in total. The average molecular weight is 292 g/mol. The monoisotopic (exact) mass is 292 g/mol. The van der Waals surface area contributed by atoms with Crippen LogP contribution in [-0.4, -0.2) is 43.3 Å². The second-order valence-electron chi connectivity index (χ2n) is 6.08. The second-order valence-corrected chi connectivity index (χ2v) is 6.08. The molecule has 1 fully saturated rings. The van der Waals surface area contributed by atoms with Crippen LogP contribution in [0.2, 0.25) is 0 Å². The van der Waals surface area contributed by atoms with Crippen LogP contribution >= 0.6 is 0 Å². The van der Waals surface area contributed by atoms with E-state index in [1.165, 1.54) is 18.4 Å². The molecule has 0 radical (unpaired) electrons. The number of hydrogen-bond acceptors (Lipinski definition) is 5. The van der Waals surface area contributed by atoms with Crippen LogP contribution < -0.4 is 10.2 Å². The third kappa shape index (κ3) is 4.56. The lowest BCUT2D eigenvalue weighted by Crippen LogP contribution is -2.26. The van der Waals surface area contributed by atoms with E-state index in [4.69, 9.17) is 4.74 Å². The molecule has 0 atom stereocenters. The Labute approximate surface area is 128 Å². The van der Waals surface area contributed by atoms with Gasteiger partial charge in [0.2, 0.25) is 0 Å². The molecule has 1 aliphatic carbocycles. The molecule has 2 rings (SSSR count). The second kappa shape index (κ2) is 7.59. The quantitative estimate of drug-likeness (QED) is 0.709. The summed E-state index contributed by atoms with van der Waals surface area (Å²) >= 11 is 0. The molecule has 0 unspecified atom stereocenters. The van der Waals surface area contributed by atoms with Gasteiger partial charge in [-0.15, -0.1) is 0 Å². The lowest BCUT2D eigenvalue weighted by molar-refractivity contribution is 0.130. The van der Waals surface area contributed by atoms with Crippen LogP contribution in [0.5, 0.6) is 0 Å². The van der Waals surface area contributed by atoms with Gasteiger partial charge in [-0.3, -0.25) is 0 Å². The Morgan fingerprint density at radius 3 is 2.76 bits per heavy atom. The number of anilines is 2. The zero-order valence-corrected chi connectivity index (χ0v) is 13.7. The molecular formula is C16H28N4O. The highest BCUT2D eigenvalue weighted by Crippen LogP contribution is 2.30. The molecule has 118 valence electrons. The molecule has 21 heavy (non-hydrogen) atoms. The van der Waals surface area contributed by atoms with E-state index in [0.29, 0.717) is 5.92 Å². The van der Waals surface area contributed by atoms with Gasteiger partial charge in [0.25, 0.3) is 0 Å². The third-order valence-corrected chi connectivity index (χ3v) is 3.77. The fourth-order valence-electron chi connectivity index (χ4n) is 2.37. The fraction of sp³-hybridized carbons (Fsp3) is 0.750. The fourth-order valence-corrected chi connectivity index (χ4v) is 2.37. The topological polar surface area (TPSA) is 50.3 Å². The summed E-state index contributed by atoms with van der Waals surface area (Å²) in [5, 5.41) is 3.33. The number of aromatic nitrogens is 2. The molecule has 0 amide bonds. The van der Waals surface area contributed by atoms with Crippen molar-refractivity contribution >= 4 is 11.6 Å². The maximum atomic E-state index is 5.73. The Hall–Kier alpha value is -1.36. The minimum atomic E-state index is 0.380. The number of hydrogen-bond donors (Lipinski definition) is 1. The van der Waals surface area contributed by atoms with E-state index >= 15 is 0 Å². The smallest absolute Gasteiger partial charge is 0.137 e. The van der Waals surface area contributed by atoms with Crippen molar-refractivity contribution < 1.29 is 4.74 Å². The van der Waals surface area contributed by atoms with Crippen molar-refractivity contribution in [1.29, 1.82) is 0 Å². The summed E-state index contributed by atoms with van der Waals surface area (Å²) < 4.78 is 5.73. The Kier molecular flexibility index (Phi) is 5.79. The zero-order chi connectivity index (χ0) is 15.2. The largest absolute Gasteiger partial charge is 0.379 e. The van der Waals surface area contributed by atoms with Crippen molar-refractivity contribution in [3.05, 3.63) is 11.9 Å². The summed E-state index contributed by atoms with van der Waals surface area (Å²) in [4.78, 5) is 11.0. The first-order chi connectivity index (χ1) is 10.1. The van der Waals surface area contributed by atoms with E-state index in [2.05, 4.69) is 48.0 Å².